The summed E-state index contributed by atoms with van der Waals surface area (Å²) >= 11 is 2.18. The molecule has 4 rings (SSSR count). The summed E-state index contributed by atoms with van der Waals surface area (Å²) in [5.74, 6) is 1.29. The molecule has 3 aromatic rings. The molecule has 0 saturated carbocycles. The molecule has 1 fully saturated rings. The second-order valence-corrected chi connectivity index (χ2v) is 11.5. The zero-order valence-electron chi connectivity index (χ0n) is 13.7. The Kier molecular flexibility index (Phi) is 4.74. The van der Waals surface area contributed by atoms with Gasteiger partial charge in [-0.15, -0.1) is 11.8 Å². The second-order valence-electron chi connectivity index (χ2n) is 6.20. The highest BCUT2D eigenvalue weighted by Crippen LogP contribution is 2.65. The molecule has 0 amide bonds. The fourth-order valence-electron chi connectivity index (χ4n) is 3.80. The van der Waals surface area contributed by atoms with E-state index in [9.17, 15) is 0 Å². The molecule has 1 atom stereocenters. The van der Waals surface area contributed by atoms with E-state index in [1.807, 2.05) is 0 Å². The van der Waals surface area contributed by atoms with Crippen LogP contribution in [-0.4, -0.2) is 10.7 Å². The quantitative estimate of drug-likeness (QED) is 0.608. The van der Waals surface area contributed by atoms with E-state index in [0.717, 1.165) is 0 Å². The third-order valence-corrected chi connectivity index (χ3v) is 11.8. The minimum absolute atomic E-state index is 0.685. The van der Waals surface area contributed by atoms with Gasteiger partial charge < -0.3 is 0 Å². The van der Waals surface area contributed by atoms with Gasteiger partial charge in [-0.05, 0) is 55.0 Å². The number of rotatable bonds is 4. The van der Waals surface area contributed by atoms with E-state index in [1.54, 1.807) is 0 Å². The average molecular weight is 349 g/mol. The van der Waals surface area contributed by atoms with Crippen LogP contribution in [-0.2, 0) is 0 Å². The van der Waals surface area contributed by atoms with Crippen molar-refractivity contribution in [3.05, 3.63) is 91.0 Å². The van der Waals surface area contributed by atoms with Gasteiger partial charge in [0, 0.05) is 0 Å². The molecule has 1 aliphatic rings. The normalized spacial score (nSPS) is 17.8. The van der Waals surface area contributed by atoms with E-state index in [-0.39, 0.29) is 0 Å². The minimum Gasteiger partial charge on any atom is -0.117 e. The summed E-state index contributed by atoms with van der Waals surface area (Å²) in [5, 5.41) is 4.55. The Hall–Kier alpha value is -1.56. The van der Waals surface area contributed by atoms with E-state index in [4.69, 9.17) is 0 Å². The minimum atomic E-state index is -1.64. The van der Waals surface area contributed by atoms with Crippen LogP contribution in [0.2, 0.25) is 0 Å². The largest absolute Gasteiger partial charge is 0.129 e. The first-order chi connectivity index (χ1) is 11.9. The Morgan fingerprint density at radius 3 is 1.38 bits per heavy atom. The second kappa shape index (κ2) is 7.13. The van der Waals surface area contributed by atoms with E-state index in [1.165, 1.54) is 34.5 Å². The summed E-state index contributed by atoms with van der Waals surface area (Å²) in [6.07, 6.45) is 2.65. The highest BCUT2D eigenvalue weighted by molar-refractivity contribution is 8.14. The van der Waals surface area contributed by atoms with Gasteiger partial charge in [-0.3, -0.25) is 0 Å². The smallest absolute Gasteiger partial charge is 0.117 e. The van der Waals surface area contributed by atoms with Gasteiger partial charge in [0.05, 0.1) is 0 Å². The topological polar surface area (TPSA) is 0 Å². The lowest BCUT2D eigenvalue weighted by Gasteiger charge is -2.32. The van der Waals surface area contributed by atoms with Crippen LogP contribution in [0.4, 0.5) is 0 Å². The van der Waals surface area contributed by atoms with Crippen molar-refractivity contribution in [3.63, 3.8) is 0 Å². The molecule has 3 aromatic carbocycles. The molecule has 0 aromatic heterocycles. The molecule has 0 nitrogen and oxygen atoms in total. The van der Waals surface area contributed by atoms with E-state index >= 15 is 0 Å². The lowest BCUT2D eigenvalue weighted by atomic mass is 10.3. The number of benzene rings is 3. The first-order valence-corrected chi connectivity index (χ1v) is 11.5. The van der Waals surface area contributed by atoms with Crippen LogP contribution in [0.3, 0.4) is 0 Å². The van der Waals surface area contributed by atoms with Crippen LogP contribution in [0.1, 0.15) is 12.8 Å². The predicted octanol–water partition coefficient (Wildman–Crippen LogP) is 4.83. The molecular weight excluding hydrogens is 327 g/mol. The monoisotopic (exact) mass is 349 g/mol. The zero-order chi connectivity index (χ0) is 16.2. The van der Waals surface area contributed by atoms with E-state index < -0.39 is 7.26 Å². The maximum absolute atomic E-state index is 2.35. The number of hydrogen-bond donors (Lipinski definition) is 0. The molecule has 0 spiro atoms. The van der Waals surface area contributed by atoms with Crippen molar-refractivity contribution in [3.8, 4) is 0 Å². The van der Waals surface area contributed by atoms with Crippen molar-refractivity contribution in [1.29, 1.82) is 0 Å². The molecular formula is C22H22PS+. The van der Waals surface area contributed by atoms with Gasteiger partial charge in [0.25, 0.3) is 0 Å². The summed E-state index contributed by atoms with van der Waals surface area (Å²) in [5.41, 5.74) is 0. The average Bonchev–Trinajstić information content (AvgIpc) is 3.20. The Bertz CT molecular complexity index is 668. The molecule has 1 aliphatic heterocycles. The van der Waals surface area contributed by atoms with Gasteiger partial charge in [-0.1, -0.05) is 54.6 Å². The Balaban J connectivity index is 2.03. The van der Waals surface area contributed by atoms with Crippen LogP contribution in [0, 0.1) is 0 Å². The molecule has 1 unspecified atom stereocenters. The Labute approximate surface area is 149 Å². The maximum Gasteiger partial charge on any atom is 0.129 e. The third-order valence-electron chi connectivity index (χ3n) is 4.83. The van der Waals surface area contributed by atoms with Gasteiger partial charge in [-0.25, -0.2) is 0 Å². The molecule has 24 heavy (non-hydrogen) atoms. The Morgan fingerprint density at radius 2 is 1.04 bits per heavy atom. The summed E-state index contributed by atoms with van der Waals surface area (Å²) in [6, 6.07) is 33.8. The van der Waals surface area contributed by atoms with Crippen LogP contribution in [0.25, 0.3) is 0 Å². The summed E-state index contributed by atoms with van der Waals surface area (Å²) in [7, 11) is -1.64. The first kappa shape index (κ1) is 15.9. The Morgan fingerprint density at radius 1 is 0.625 bits per heavy atom. The number of hydrogen-bond acceptors (Lipinski definition) is 1. The standard InChI is InChI=1S/C22H22PS/c1-4-11-19(12-5-1)23(22-17-10-18-24-22,20-13-6-2-7-14-20)21-15-8-3-9-16-21/h1-9,11-16,22H,10,17-18H2/q+1. The fourth-order valence-corrected chi connectivity index (χ4v) is 11.4. The van der Waals surface area contributed by atoms with Crippen molar-refractivity contribution >= 4 is 34.9 Å². The van der Waals surface area contributed by atoms with Crippen LogP contribution in [0.5, 0.6) is 0 Å². The van der Waals surface area contributed by atoms with E-state index in [2.05, 4.69) is 103 Å². The summed E-state index contributed by atoms with van der Waals surface area (Å²) < 4.78 is 0. The SMILES string of the molecule is c1ccc([P+](c2ccccc2)(c2ccccc2)C2CCCS2)cc1. The van der Waals surface area contributed by atoms with Crippen LogP contribution >= 0.6 is 19.0 Å². The van der Waals surface area contributed by atoms with Gasteiger partial charge in [-0.2, -0.15) is 0 Å². The first-order valence-electron chi connectivity index (χ1n) is 8.59. The highest BCUT2D eigenvalue weighted by Gasteiger charge is 2.53. The highest BCUT2D eigenvalue weighted by atomic mass is 32.2. The van der Waals surface area contributed by atoms with Gasteiger partial charge in [0.2, 0.25) is 0 Å². The third kappa shape index (κ3) is 2.70. The van der Waals surface area contributed by atoms with Crippen molar-refractivity contribution in [2.24, 2.45) is 0 Å². The number of thioether (sulfide) groups is 1. The van der Waals surface area contributed by atoms with Crippen molar-refractivity contribution in [2.45, 2.75) is 17.8 Å². The van der Waals surface area contributed by atoms with Crippen LogP contribution in [0.15, 0.2) is 91.0 Å². The molecule has 0 radical (unpaired) electrons. The molecule has 1 heterocycles. The maximum atomic E-state index is 2.35. The lowest BCUT2D eigenvalue weighted by Crippen LogP contribution is -2.36. The summed E-state index contributed by atoms with van der Waals surface area (Å²) in [4.78, 5) is 0.685. The van der Waals surface area contributed by atoms with Crippen molar-refractivity contribution < 1.29 is 0 Å². The van der Waals surface area contributed by atoms with Crippen molar-refractivity contribution in [2.75, 3.05) is 5.75 Å². The molecule has 2 heteroatoms. The van der Waals surface area contributed by atoms with Crippen LogP contribution < -0.4 is 15.9 Å². The molecule has 120 valence electrons. The van der Waals surface area contributed by atoms with Gasteiger partial charge >= 0.3 is 0 Å². The predicted molar refractivity (Wildman–Crippen MR) is 111 cm³/mol. The lowest BCUT2D eigenvalue weighted by molar-refractivity contribution is 0.918. The molecule has 1 saturated heterocycles. The van der Waals surface area contributed by atoms with E-state index in [0.29, 0.717) is 4.99 Å². The summed E-state index contributed by atoms with van der Waals surface area (Å²) in [6.45, 7) is 0. The molecule has 0 bridgehead atoms. The molecule has 0 aliphatic carbocycles. The van der Waals surface area contributed by atoms with Gasteiger partial charge in [0.15, 0.2) is 0 Å². The van der Waals surface area contributed by atoms with Crippen molar-refractivity contribution in [1.82, 2.24) is 0 Å². The molecule has 0 N–H and O–H groups in total. The van der Waals surface area contributed by atoms with Gasteiger partial charge in [0.1, 0.15) is 28.2 Å². The zero-order valence-corrected chi connectivity index (χ0v) is 15.4. The fraction of sp³-hybridized carbons (Fsp3) is 0.182.